The Morgan fingerprint density at radius 2 is 2.38 bits per heavy atom. The van der Waals surface area contributed by atoms with Gasteiger partial charge in [-0.1, -0.05) is 26.7 Å². The number of cyclic esters (lactones) is 1. The lowest BCUT2D eigenvalue weighted by molar-refractivity contribution is -0.141. The second kappa shape index (κ2) is 5.25. The van der Waals surface area contributed by atoms with E-state index in [0.717, 1.165) is 18.8 Å². The molecule has 1 fully saturated rings. The Bertz CT molecular complexity index is 165. The Morgan fingerprint density at radius 3 is 2.92 bits per heavy atom. The molecule has 2 nitrogen and oxygen atoms in total. The van der Waals surface area contributed by atoms with E-state index in [1.54, 1.807) is 0 Å². The smallest absolute Gasteiger partial charge is 0.306 e. The van der Waals surface area contributed by atoms with Gasteiger partial charge in [-0.2, -0.15) is 0 Å². The van der Waals surface area contributed by atoms with Crippen molar-refractivity contribution in [3.05, 3.63) is 0 Å². The van der Waals surface area contributed by atoms with Gasteiger partial charge in [0.25, 0.3) is 0 Å². The van der Waals surface area contributed by atoms with Gasteiger partial charge in [0.2, 0.25) is 0 Å². The summed E-state index contributed by atoms with van der Waals surface area (Å²) in [6.07, 6.45) is 6.60. The van der Waals surface area contributed by atoms with Gasteiger partial charge in [-0.25, -0.2) is 0 Å². The molecule has 0 bridgehead atoms. The number of hydrogen-bond donors (Lipinski definition) is 0. The third kappa shape index (κ3) is 3.79. The van der Waals surface area contributed by atoms with Gasteiger partial charge in [-0.3, -0.25) is 4.79 Å². The van der Waals surface area contributed by atoms with Crippen molar-refractivity contribution in [2.75, 3.05) is 0 Å². The van der Waals surface area contributed by atoms with E-state index in [1.807, 2.05) is 0 Å². The van der Waals surface area contributed by atoms with Gasteiger partial charge < -0.3 is 4.74 Å². The minimum absolute atomic E-state index is 0.00598. The van der Waals surface area contributed by atoms with Gasteiger partial charge in [-0.15, -0.1) is 0 Å². The van der Waals surface area contributed by atoms with Crippen LogP contribution in [0.2, 0.25) is 0 Å². The van der Waals surface area contributed by atoms with Crippen molar-refractivity contribution >= 4 is 5.97 Å². The fraction of sp³-hybridized carbons (Fsp3) is 0.909. The highest BCUT2D eigenvalue weighted by atomic mass is 16.5. The van der Waals surface area contributed by atoms with Crippen molar-refractivity contribution in [2.24, 2.45) is 5.92 Å². The summed E-state index contributed by atoms with van der Waals surface area (Å²) in [6, 6.07) is 0. The average Bonchev–Trinajstić information content (AvgIpc) is 2.51. The molecule has 0 amide bonds. The number of carbonyl (C=O) groups excluding carboxylic acids is 1. The SMILES string of the molecule is CCC(C)CCCC1CCC(=O)O1. The Kier molecular flexibility index (Phi) is 4.26. The largest absolute Gasteiger partial charge is 0.462 e. The first-order chi connectivity index (χ1) is 6.22. The third-order valence-corrected chi connectivity index (χ3v) is 2.89. The predicted octanol–water partition coefficient (Wildman–Crippen LogP) is 2.91. The molecule has 1 rings (SSSR count). The van der Waals surface area contributed by atoms with Gasteiger partial charge in [0.1, 0.15) is 6.10 Å². The van der Waals surface area contributed by atoms with E-state index in [-0.39, 0.29) is 12.1 Å². The lowest BCUT2D eigenvalue weighted by atomic mass is 9.99. The van der Waals surface area contributed by atoms with Crippen LogP contribution >= 0.6 is 0 Å². The molecular formula is C11H20O2. The summed E-state index contributed by atoms with van der Waals surface area (Å²) in [5.41, 5.74) is 0. The summed E-state index contributed by atoms with van der Waals surface area (Å²) in [4.78, 5) is 10.8. The van der Waals surface area contributed by atoms with Crippen LogP contribution in [0.3, 0.4) is 0 Å². The molecule has 2 atom stereocenters. The molecule has 0 saturated carbocycles. The Labute approximate surface area is 80.7 Å². The van der Waals surface area contributed by atoms with Crippen LogP contribution in [0, 0.1) is 5.92 Å². The van der Waals surface area contributed by atoms with Crippen molar-refractivity contribution in [1.29, 1.82) is 0 Å². The first kappa shape index (κ1) is 10.6. The third-order valence-electron chi connectivity index (χ3n) is 2.89. The summed E-state index contributed by atoms with van der Waals surface area (Å²) >= 11 is 0. The monoisotopic (exact) mass is 184 g/mol. The van der Waals surface area contributed by atoms with Crippen LogP contribution in [-0.2, 0) is 9.53 Å². The van der Waals surface area contributed by atoms with Gasteiger partial charge >= 0.3 is 5.97 Å². The number of rotatable bonds is 5. The molecule has 1 aliphatic rings. The predicted molar refractivity (Wildman–Crippen MR) is 52.4 cm³/mol. The summed E-state index contributed by atoms with van der Waals surface area (Å²) < 4.78 is 5.14. The molecule has 76 valence electrons. The fourth-order valence-electron chi connectivity index (χ4n) is 1.68. The first-order valence-electron chi connectivity index (χ1n) is 5.41. The van der Waals surface area contributed by atoms with Crippen LogP contribution in [0.1, 0.15) is 52.4 Å². The highest BCUT2D eigenvalue weighted by Gasteiger charge is 2.22. The molecule has 0 spiro atoms. The van der Waals surface area contributed by atoms with Crippen LogP contribution in [0.5, 0.6) is 0 Å². The molecule has 0 radical (unpaired) electrons. The molecule has 1 heterocycles. The lowest BCUT2D eigenvalue weighted by Gasteiger charge is -2.11. The molecule has 2 heteroatoms. The molecule has 2 unspecified atom stereocenters. The summed E-state index contributed by atoms with van der Waals surface area (Å²) in [7, 11) is 0. The molecule has 0 N–H and O–H groups in total. The average molecular weight is 184 g/mol. The van der Waals surface area contributed by atoms with E-state index in [9.17, 15) is 4.79 Å². The maximum absolute atomic E-state index is 10.8. The highest BCUT2D eigenvalue weighted by Crippen LogP contribution is 2.20. The van der Waals surface area contributed by atoms with Crippen LogP contribution in [0.4, 0.5) is 0 Å². The molecular weight excluding hydrogens is 164 g/mol. The second-order valence-electron chi connectivity index (χ2n) is 4.09. The van der Waals surface area contributed by atoms with Gasteiger partial charge in [0, 0.05) is 6.42 Å². The second-order valence-corrected chi connectivity index (χ2v) is 4.09. The zero-order valence-electron chi connectivity index (χ0n) is 8.71. The van der Waals surface area contributed by atoms with Crippen molar-refractivity contribution < 1.29 is 9.53 Å². The zero-order valence-corrected chi connectivity index (χ0v) is 8.71. The number of esters is 1. The van der Waals surface area contributed by atoms with E-state index in [0.29, 0.717) is 6.42 Å². The van der Waals surface area contributed by atoms with Crippen LogP contribution < -0.4 is 0 Å². The molecule has 13 heavy (non-hydrogen) atoms. The molecule has 0 aromatic heterocycles. The van der Waals surface area contributed by atoms with Crippen molar-refractivity contribution in [3.8, 4) is 0 Å². The topological polar surface area (TPSA) is 26.3 Å². The maximum Gasteiger partial charge on any atom is 0.306 e. The van der Waals surface area contributed by atoms with E-state index in [1.165, 1.54) is 19.3 Å². The lowest BCUT2D eigenvalue weighted by Crippen LogP contribution is -2.07. The van der Waals surface area contributed by atoms with E-state index in [4.69, 9.17) is 4.74 Å². The Hall–Kier alpha value is -0.530. The minimum atomic E-state index is -0.00598. The summed E-state index contributed by atoms with van der Waals surface area (Å²) in [5.74, 6) is 0.811. The minimum Gasteiger partial charge on any atom is -0.462 e. The van der Waals surface area contributed by atoms with Crippen molar-refractivity contribution in [3.63, 3.8) is 0 Å². The normalized spacial score (nSPS) is 24.5. The van der Waals surface area contributed by atoms with Gasteiger partial charge in [-0.05, 0) is 25.2 Å². The first-order valence-corrected chi connectivity index (χ1v) is 5.41. The molecule has 1 aliphatic heterocycles. The molecule has 1 saturated heterocycles. The van der Waals surface area contributed by atoms with Crippen molar-refractivity contribution in [2.45, 2.75) is 58.5 Å². The fourth-order valence-corrected chi connectivity index (χ4v) is 1.68. The standard InChI is InChI=1S/C11H20O2/c1-3-9(2)5-4-6-10-7-8-11(12)13-10/h9-10H,3-8H2,1-2H3. The van der Waals surface area contributed by atoms with Crippen LogP contribution in [0.15, 0.2) is 0 Å². The highest BCUT2D eigenvalue weighted by molar-refractivity contribution is 5.71. The number of hydrogen-bond acceptors (Lipinski definition) is 2. The van der Waals surface area contributed by atoms with Crippen molar-refractivity contribution in [1.82, 2.24) is 0 Å². The Balaban J connectivity index is 2.03. The van der Waals surface area contributed by atoms with E-state index >= 15 is 0 Å². The Morgan fingerprint density at radius 1 is 1.62 bits per heavy atom. The number of carbonyl (C=O) groups is 1. The molecule has 0 aromatic rings. The van der Waals surface area contributed by atoms with Gasteiger partial charge in [0.15, 0.2) is 0 Å². The van der Waals surface area contributed by atoms with Crippen LogP contribution in [-0.4, -0.2) is 12.1 Å². The van der Waals surface area contributed by atoms with E-state index < -0.39 is 0 Å². The quantitative estimate of drug-likeness (QED) is 0.614. The van der Waals surface area contributed by atoms with Crippen LogP contribution in [0.25, 0.3) is 0 Å². The molecule has 0 aromatic carbocycles. The van der Waals surface area contributed by atoms with E-state index in [2.05, 4.69) is 13.8 Å². The summed E-state index contributed by atoms with van der Waals surface area (Å²) in [5, 5.41) is 0. The molecule has 0 aliphatic carbocycles. The zero-order chi connectivity index (χ0) is 9.68. The van der Waals surface area contributed by atoms with Gasteiger partial charge in [0.05, 0.1) is 0 Å². The summed E-state index contributed by atoms with van der Waals surface area (Å²) in [6.45, 7) is 4.50. The number of ether oxygens (including phenoxy) is 1. The maximum atomic E-state index is 10.8.